The first-order valence-electron chi connectivity index (χ1n) is 7.24. The van der Waals surface area contributed by atoms with Gasteiger partial charge < -0.3 is 14.9 Å². The molecule has 3 nitrogen and oxygen atoms in total. The van der Waals surface area contributed by atoms with Crippen molar-refractivity contribution < 1.29 is 14.9 Å². The van der Waals surface area contributed by atoms with Crippen LogP contribution in [0.5, 0.6) is 5.75 Å². The summed E-state index contributed by atoms with van der Waals surface area (Å²) in [5.41, 5.74) is 3.46. The summed E-state index contributed by atoms with van der Waals surface area (Å²) in [4.78, 5) is 0. The van der Waals surface area contributed by atoms with Crippen molar-refractivity contribution in [3.05, 3.63) is 65.2 Å². The summed E-state index contributed by atoms with van der Waals surface area (Å²) < 4.78 is 5.79. The maximum absolute atomic E-state index is 9.40. The molecule has 2 aromatic carbocycles. The van der Waals surface area contributed by atoms with Crippen molar-refractivity contribution >= 4 is 0 Å². The molecule has 1 unspecified atom stereocenters. The molecule has 0 aliphatic rings. The Morgan fingerprint density at radius 2 is 1.86 bits per heavy atom. The zero-order valence-corrected chi connectivity index (χ0v) is 12.3. The third kappa shape index (κ3) is 4.88. The summed E-state index contributed by atoms with van der Waals surface area (Å²) in [6.07, 6.45) is 0.687. The van der Waals surface area contributed by atoms with Crippen molar-refractivity contribution in [2.24, 2.45) is 0 Å². The van der Waals surface area contributed by atoms with Gasteiger partial charge in [-0.3, -0.25) is 0 Å². The Labute approximate surface area is 125 Å². The maximum Gasteiger partial charge on any atom is 0.120 e. The van der Waals surface area contributed by atoms with E-state index in [4.69, 9.17) is 9.84 Å². The van der Waals surface area contributed by atoms with Crippen molar-refractivity contribution in [2.45, 2.75) is 32.5 Å². The fourth-order valence-corrected chi connectivity index (χ4v) is 2.19. The molecular formula is C18H22O3. The summed E-state index contributed by atoms with van der Waals surface area (Å²) in [5, 5.41) is 18.2. The fraction of sp³-hybridized carbons (Fsp3) is 0.333. The van der Waals surface area contributed by atoms with Crippen molar-refractivity contribution in [3.63, 3.8) is 0 Å². The molecule has 0 fully saturated rings. The molecule has 0 radical (unpaired) electrons. The average Bonchev–Trinajstić information content (AvgIpc) is 2.52. The minimum atomic E-state index is -0.640. The van der Waals surface area contributed by atoms with Gasteiger partial charge in [-0.15, -0.1) is 0 Å². The summed E-state index contributed by atoms with van der Waals surface area (Å²) in [5.74, 6) is 0.850. The van der Waals surface area contributed by atoms with Crippen LogP contribution in [0.4, 0.5) is 0 Å². The van der Waals surface area contributed by atoms with E-state index >= 15 is 0 Å². The molecular weight excluding hydrogens is 264 g/mol. The Hall–Kier alpha value is -1.84. The topological polar surface area (TPSA) is 49.7 Å². The molecule has 0 amide bonds. The molecule has 0 saturated carbocycles. The molecule has 2 aromatic rings. The zero-order valence-electron chi connectivity index (χ0n) is 12.3. The molecule has 0 aromatic heterocycles. The molecule has 0 aliphatic heterocycles. The summed E-state index contributed by atoms with van der Waals surface area (Å²) in [7, 11) is 0. The maximum atomic E-state index is 9.40. The monoisotopic (exact) mass is 286 g/mol. The smallest absolute Gasteiger partial charge is 0.120 e. The van der Waals surface area contributed by atoms with Crippen LogP contribution in [-0.4, -0.2) is 22.9 Å². The summed E-state index contributed by atoms with van der Waals surface area (Å²) in [6, 6.07) is 16.1. The second-order valence-corrected chi connectivity index (χ2v) is 5.24. The van der Waals surface area contributed by atoms with Gasteiger partial charge in [0.05, 0.1) is 12.7 Å². The van der Waals surface area contributed by atoms with E-state index in [9.17, 15) is 5.11 Å². The predicted octanol–water partition coefficient (Wildman–Crippen LogP) is 2.86. The molecule has 0 spiro atoms. The van der Waals surface area contributed by atoms with E-state index < -0.39 is 6.10 Å². The van der Waals surface area contributed by atoms with E-state index in [0.717, 1.165) is 23.3 Å². The van der Waals surface area contributed by atoms with Gasteiger partial charge >= 0.3 is 0 Å². The van der Waals surface area contributed by atoms with E-state index in [-0.39, 0.29) is 6.61 Å². The second kappa shape index (κ2) is 7.81. The van der Waals surface area contributed by atoms with Crippen LogP contribution in [0.15, 0.2) is 48.5 Å². The third-order valence-electron chi connectivity index (χ3n) is 3.52. The quantitative estimate of drug-likeness (QED) is 0.823. The van der Waals surface area contributed by atoms with E-state index in [1.807, 2.05) is 55.5 Å². The lowest BCUT2D eigenvalue weighted by Gasteiger charge is -2.12. The first kappa shape index (κ1) is 15.5. The average molecular weight is 286 g/mol. The summed E-state index contributed by atoms with van der Waals surface area (Å²) in [6.45, 7) is 2.41. The van der Waals surface area contributed by atoms with Crippen LogP contribution in [0.3, 0.4) is 0 Å². The van der Waals surface area contributed by atoms with Gasteiger partial charge in [0.2, 0.25) is 0 Å². The first-order chi connectivity index (χ1) is 10.2. The van der Waals surface area contributed by atoms with Gasteiger partial charge in [0.15, 0.2) is 0 Å². The number of hydrogen-bond acceptors (Lipinski definition) is 3. The van der Waals surface area contributed by atoms with Crippen LogP contribution in [0, 0.1) is 6.92 Å². The lowest BCUT2D eigenvalue weighted by atomic mass is 10.0. The molecule has 0 saturated heterocycles. The van der Waals surface area contributed by atoms with Crippen LogP contribution in [0.1, 0.15) is 23.1 Å². The molecule has 0 heterocycles. The predicted molar refractivity (Wildman–Crippen MR) is 83.4 cm³/mol. The van der Waals surface area contributed by atoms with Crippen LogP contribution in [0.25, 0.3) is 0 Å². The number of hydrogen-bond donors (Lipinski definition) is 2. The van der Waals surface area contributed by atoms with Crippen LogP contribution in [0.2, 0.25) is 0 Å². The van der Waals surface area contributed by atoms with Gasteiger partial charge in [-0.05, 0) is 48.6 Å². The number of aryl methyl sites for hydroxylation is 2. The SMILES string of the molecule is Cc1cc(OCc2ccccc2)ccc1CCC(O)CO. The van der Waals surface area contributed by atoms with Crippen molar-refractivity contribution in [3.8, 4) is 5.75 Å². The Bertz CT molecular complexity index is 552. The number of rotatable bonds is 7. The Balaban J connectivity index is 1.92. The third-order valence-corrected chi connectivity index (χ3v) is 3.52. The number of aliphatic hydroxyl groups excluding tert-OH is 2. The second-order valence-electron chi connectivity index (χ2n) is 5.24. The minimum absolute atomic E-state index is 0.183. The largest absolute Gasteiger partial charge is 0.489 e. The van der Waals surface area contributed by atoms with Crippen molar-refractivity contribution in [1.82, 2.24) is 0 Å². The number of benzene rings is 2. The Morgan fingerprint density at radius 3 is 2.52 bits per heavy atom. The van der Waals surface area contributed by atoms with Gasteiger partial charge in [-0.2, -0.15) is 0 Å². The Morgan fingerprint density at radius 1 is 1.10 bits per heavy atom. The van der Waals surface area contributed by atoms with Crippen molar-refractivity contribution in [1.29, 1.82) is 0 Å². The molecule has 3 heteroatoms. The summed E-state index contributed by atoms with van der Waals surface area (Å²) >= 11 is 0. The van der Waals surface area contributed by atoms with Gasteiger partial charge in [-0.25, -0.2) is 0 Å². The molecule has 0 bridgehead atoms. The lowest BCUT2D eigenvalue weighted by molar-refractivity contribution is 0.0885. The van der Waals surface area contributed by atoms with E-state index in [1.54, 1.807) is 0 Å². The van der Waals surface area contributed by atoms with Crippen LogP contribution >= 0.6 is 0 Å². The zero-order chi connectivity index (χ0) is 15.1. The highest BCUT2D eigenvalue weighted by Gasteiger charge is 2.06. The highest BCUT2D eigenvalue weighted by molar-refractivity contribution is 5.35. The van der Waals surface area contributed by atoms with Crippen LogP contribution in [-0.2, 0) is 13.0 Å². The fourth-order valence-electron chi connectivity index (χ4n) is 2.19. The number of ether oxygens (including phenoxy) is 1. The Kier molecular flexibility index (Phi) is 5.78. The van der Waals surface area contributed by atoms with Gasteiger partial charge in [-0.1, -0.05) is 36.4 Å². The van der Waals surface area contributed by atoms with Gasteiger partial charge in [0, 0.05) is 0 Å². The van der Waals surface area contributed by atoms with E-state index in [2.05, 4.69) is 0 Å². The van der Waals surface area contributed by atoms with Crippen LogP contribution < -0.4 is 4.74 Å². The highest BCUT2D eigenvalue weighted by atomic mass is 16.5. The van der Waals surface area contributed by atoms with Crippen molar-refractivity contribution in [2.75, 3.05) is 6.61 Å². The lowest BCUT2D eigenvalue weighted by Crippen LogP contribution is -2.12. The molecule has 21 heavy (non-hydrogen) atoms. The van der Waals surface area contributed by atoms with Gasteiger partial charge in [0.25, 0.3) is 0 Å². The normalized spacial score (nSPS) is 12.1. The molecule has 2 rings (SSSR count). The molecule has 2 N–H and O–H groups in total. The van der Waals surface area contributed by atoms with Gasteiger partial charge in [0.1, 0.15) is 12.4 Å². The standard InChI is InChI=1S/C18H22O3/c1-14-11-18(21-13-15-5-3-2-4-6-15)10-8-16(14)7-9-17(20)12-19/h2-6,8,10-11,17,19-20H,7,9,12-13H2,1H3. The van der Waals surface area contributed by atoms with E-state index in [0.29, 0.717) is 13.0 Å². The molecule has 1 atom stereocenters. The van der Waals surface area contributed by atoms with E-state index in [1.165, 1.54) is 5.56 Å². The highest BCUT2D eigenvalue weighted by Crippen LogP contribution is 2.20. The molecule has 112 valence electrons. The number of aliphatic hydroxyl groups is 2. The first-order valence-corrected chi connectivity index (χ1v) is 7.24. The molecule has 0 aliphatic carbocycles. The minimum Gasteiger partial charge on any atom is -0.489 e.